The zero-order valence-electron chi connectivity index (χ0n) is 12.0. The first kappa shape index (κ1) is 13.4. The second-order valence-corrected chi connectivity index (χ2v) is 5.92. The van der Waals surface area contributed by atoms with Crippen LogP contribution in [0.15, 0.2) is 24.3 Å². The van der Waals surface area contributed by atoms with Gasteiger partial charge in [-0.05, 0) is 42.6 Å². The predicted molar refractivity (Wildman–Crippen MR) is 84.0 cm³/mol. The summed E-state index contributed by atoms with van der Waals surface area (Å²) in [7, 11) is 0. The third-order valence-electron chi connectivity index (χ3n) is 3.77. The molecule has 0 saturated heterocycles. The molecule has 2 heterocycles. The van der Waals surface area contributed by atoms with E-state index >= 15 is 0 Å². The molecule has 0 saturated carbocycles. The van der Waals surface area contributed by atoms with E-state index in [0.717, 1.165) is 31.9 Å². The van der Waals surface area contributed by atoms with Crippen LogP contribution in [-0.2, 0) is 13.0 Å². The van der Waals surface area contributed by atoms with Crippen LogP contribution in [0.2, 0.25) is 0 Å². The smallest absolute Gasteiger partial charge is 0.230 e. The number of hydrogen-bond acceptors (Lipinski definition) is 3. The van der Waals surface area contributed by atoms with Gasteiger partial charge in [0.1, 0.15) is 0 Å². The van der Waals surface area contributed by atoms with Crippen molar-refractivity contribution in [2.75, 3.05) is 11.4 Å². The van der Waals surface area contributed by atoms with E-state index in [0.29, 0.717) is 10.7 Å². The number of fused-ring (bicyclic) bond motifs is 1. The fourth-order valence-electron chi connectivity index (χ4n) is 2.93. The maximum absolute atomic E-state index is 5.35. The molecule has 1 atom stereocenters. The van der Waals surface area contributed by atoms with Gasteiger partial charge in [0.25, 0.3) is 0 Å². The summed E-state index contributed by atoms with van der Waals surface area (Å²) in [5.74, 6) is 1.56. The molecule has 20 heavy (non-hydrogen) atoms. The van der Waals surface area contributed by atoms with E-state index in [2.05, 4.69) is 57.8 Å². The Kier molecular flexibility index (Phi) is 3.61. The van der Waals surface area contributed by atoms with Gasteiger partial charge in [0.15, 0.2) is 4.77 Å². The molecule has 1 aromatic carbocycles. The van der Waals surface area contributed by atoms with Crippen LogP contribution in [0, 0.1) is 10.7 Å². The number of anilines is 2. The Bertz CT molecular complexity index is 658. The molecule has 1 aliphatic heterocycles. The van der Waals surface area contributed by atoms with Crippen molar-refractivity contribution in [3.63, 3.8) is 0 Å². The zero-order chi connectivity index (χ0) is 14.1. The summed E-state index contributed by atoms with van der Waals surface area (Å²) in [5, 5.41) is 7.40. The van der Waals surface area contributed by atoms with Gasteiger partial charge in [-0.1, -0.05) is 32.0 Å². The van der Waals surface area contributed by atoms with E-state index in [4.69, 9.17) is 12.2 Å². The summed E-state index contributed by atoms with van der Waals surface area (Å²) < 4.78 is 2.81. The first-order valence-corrected chi connectivity index (χ1v) is 7.62. The van der Waals surface area contributed by atoms with E-state index in [1.807, 2.05) is 0 Å². The van der Waals surface area contributed by atoms with Gasteiger partial charge in [-0.25, -0.2) is 5.10 Å². The van der Waals surface area contributed by atoms with Crippen LogP contribution in [0.3, 0.4) is 0 Å². The number of benzene rings is 1. The van der Waals surface area contributed by atoms with Gasteiger partial charge in [0.05, 0.1) is 0 Å². The summed E-state index contributed by atoms with van der Waals surface area (Å²) in [5.41, 5.74) is 2.65. The Morgan fingerprint density at radius 3 is 3.00 bits per heavy atom. The maximum atomic E-state index is 5.35. The normalized spacial score (nSPS) is 18.1. The lowest BCUT2D eigenvalue weighted by atomic mass is 9.94. The highest BCUT2D eigenvalue weighted by molar-refractivity contribution is 7.71. The van der Waals surface area contributed by atoms with Gasteiger partial charge in [-0.15, -0.1) is 5.10 Å². The van der Waals surface area contributed by atoms with E-state index in [-0.39, 0.29) is 0 Å². The summed E-state index contributed by atoms with van der Waals surface area (Å²) in [4.78, 5) is 2.30. The summed E-state index contributed by atoms with van der Waals surface area (Å²) in [6.45, 7) is 6.33. The van der Waals surface area contributed by atoms with E-state index in [1.54, 1.807) is 0 Å². The Labute approximate surface area is 124 Å². The number of nitrogens with one attached hydrogen (secondary N) is 1. The fourth-order valence-corrected chi connectivity index (χ4v) is 3.15. The van der Waals surface area contributed by atoms with Crippen LogP contribution < -0.4 is 4.90 Å². The lowest BCUT2D eigenvalue weighted by Gasteiger charge is -2.33. The Morgan fingerprint density at radius 2 is 2.20 bits per heavy atom. The lowest BCUT2D eigenvalue weighted by molar-refractivity contribution is 0.547. The number of nitrogens with zero attached hydrogens (tertiary/aromatic N) is 3. The second-order valence-electron chi connectivity index (χ2n) is 5.53. The van der Waals surface area contributed by atoms with Crippen LogP contribution in [0.25, 0.3) is 0 Å². The Balaban J connectivity index is 2.09. The highest BCUT2D eigenvalue weighted by Crippen LogP contribution is 2.34. The van der Waals surface area contributed by atoms with Gasteiger partial charge in [0, 0.05) is 18.8 Å². The van der Waals surface area contributed by atoms with Crippen molar-refractivity contribution in [1.82, 2.24) is 14.8 Å². The van der Waals surface area contributed by atoms with Crippen molar-refractivity contribution in [2.45, 2.75) is 33.2 Å². The van der Waals surface area contributed by atoms with E-state index in [1.165, 1.54) is 11.3 Å². The van der Waals surface area contributed by atoms with Gasteiger partial charge in [-0.2, -0.15) is 0 Å². The molecular formula is C15H20N4S. The quantitative estimate of drug-likeness (QED) is 0.875. The third kappa shape index (κ3) is 2.26. The molecule has 1 N–H and O–H groups in total. The number of para-hydroxylation sites is 1. The number of hydrogen-bond donors (Lipinski definition) is 1. The minimum absolute atomic E-state index is 0.616. The second kappa shape index (κ2) is 5.40. The average molecular weight is 288 g/mol. The number of aromatic amines is 1. The van der Waals surface area contributed by atoms with Crippen molar-refractivity contribution in [3.05, 3.63) is 34.6 Å². The molecule has 0 fully saturated rings. The van der Waals surface area contributed by atoms with Crippen molar-refractivity contribution in [1.29, 1.82) is 0 Å². The van der Waals surface area contributed by atoms with Crippen LogP contribution in [0.1, 0.15) is 25.8 Å². The highest BCUT2D eigenvalue weighted by atomic mass is 32.1. The molecule has 5 heteroatoms. The fraction of sp³-hybridized carbons (Fsp3) is 0.467. The van der Waals surface area contributed by atoms with Crippen LogP contribution in [0.4, 0.5) is 11.6 Å². The molecule has 1 aromatic heterocycles. The minimum Gasteiger partial charge on any atom is -0.310 e. The molecule has 4 nitrogen and oxygen atoms in total. The molecule has 0 amide bonds. The van der Waals surface area contributed by atoms with Gasteiger partial charge in [-0.3, -0.25) is 4.57 Å². The van der Waals surface area contributed by atoms with Crippen molar-refractivity contribution in [3.8, 4) is 0 Å². The first-order valence-electron chi connectivity index (χ1n) is 7.21. The predicted octanol–water partition coefficient (Wildman–Crippen LogP) is 3.68. The monoisotopic (exact) mass is 288 g/mol. The highest BCUT2D eigenvalue weighted by Gasteiger charge is 2.25. The number of rotatable bonds is 3. The Morgan fingerprint density at radius 1 is 1.40 bits per heavy atom. The molecule has 0 spiro atoms. The van der Waals surface area contributed by atoms with Gasteiger partial charge < -0.3 is 4.90 Å². The standard InChI is InChI=1S/C15H20N4S/c1-3-8-18-14(16-17-15(18)20)19-10-11(2)9-12-6-4-5-7-13(12)19/h4-7,11H,3,8-10H2,1-2H3,(H,17,20). The van der Waals surface area contributed by atoms with Crippen molar-refractivity contribution in [2.24, 2.45) is 5.92 Å². The zero-order valence-corrected chi connectivity index (χ0v) is 12.8. The largest absolute Gasteiger partial charge is 0.310 e. The molecule has 0 aliphatic carbocycles. The number of H-pyrrole nitrogens is 1. The number of aromatic nitrogens is 3. The van der Waals surface area contributed by atoms with Crippen molar-refractivity contribution < 1.29 is 0 Å². The molecule has 2 aromatic rings. The van der Waals surface area contributed by atoms with Gasteiger partial charge >= 0.3 is 0 Å². The Hall–Kier alpha value is -1.62. The maximum Gasteiger partial charge on any atom is 0.230 e. The minimum atomic E-state index is 0.616. The third-order valence-corrected chi connectivity index (χ3v) is 4.08. The van der Waals surface area contributed by atoms with E-state index < -0.39 is 0 Å². The summed E-state index contributed by atoms with van der Waals surface area (Å²) >= 11 is 5.35. The van der Waals surface area contributed by atoms with E-state index in [9.17, 15) is 0 Å². The van der Waals surface area contributed by atoms with Crippen LogP contribution >= 0.6 is 12.2 Å². The summed E-state index contributed by atoms with van der Waals surface area (Å²) in [6.07, 6.45) is 2.18. The van der Waals surface area contributed by atoms with Gasteiger partial charge in [0.2, 0.25) is 5.95 Å². The van der Waals surface area contributed by atoms with Crippen LogP contribution in [-0.4, -0.2) is 21.3 Å². The molecule has 1 aliphatic rings. The first-order chi connectivity index (χ1) is 9.70. The average Bonchev–Trinajstić information content (AvgIpc) is 2.80. The molecule has 3 rings (SSSR count). The summed E-state index contributed by atoms with van der Waals surface area (Å²) in [6, 6.07) is 8.59. The SMILES string of the molecule is CCCn1c(N2CC(C)Cc3ccccc32)n[nH]c1=S. The molecule has 106 valence electrons. The van der Waals surface area contributed by atoms with Crippen molar-refractivity contribution >= 4 is 23.9 Å². The molecular weight excluding hydrogens is 268 g/mol. The molecule has 0 radical (unpaired) electrons. The molecule has 0 bridgehead atoms. The molecule has 1 unspecified atom stereocenters. The topological polar surface area (TPSA) is 36.9 Å². The lowest BCUT2D eigenvalue weighted by Crippen LogP contribution is -2.32. The van der Waals surface area contributed by atoms with Crippen LogP contribution in [0.5, 0.6) is 0 Å².